The number of pyridine rings is 1. The lowest BCUT2D eigenvalue weighted by Gasteiger charge is -2.26. The van der Waals surface area contributed by atoms with Crippen molar-refractivity contribution in [1.82, 2.24) is 4.98 Å². The molecule has 6 rings (SSSR count). The number of allylic oxidation sites excluding steroid dienone is 1. The third-order valence-corrected chi connectivity index (χ3v) is 8.01. The summed E-state index contributed by atoms with van der Waals surface area (Å²) < 4.78 is 0. The molecule has 0 radical (unpaired) electrons. The molecule has 1 heteroatoms. The van der Waals surface area contributed by atoms with Crippen molar-refractivity contribution in [3.05, 3.63) is 64.4 Å². The van der Waals surface area contributed by atoms with E-state index in [9.17, 15) is 0 Å². The monoisotopic (exact) mass is 355 g/mol. The van der Waals surface area contributed by atoms with Gasteiger partial charge in [-0.1, -0.05) is 31.6 Å². The van der Waals surface area contributed by atoms with E-state index in [0.717, 1.165) is 17.8 Å². The smallest absolute Gasteiger partial charge is 0.0708 e. The molecule has 27 heavy (non-hydrogen) atoms. The first-order chi connectivity index (χ1) is 13.2. The average molecular weight is 356 g/mol. The fraction of sp³-hybridized carbons (Fsp3) is 0.500. The van der Waals surface area contributed by atoms with E-state index in [4.69, 9.17) is 4.98 Å². The third-order valence-electron chi connectivity index (χ3n) is 8.01. The van der Waals surface area contributed by atoms with Crippen molar-refractivity contribution in [3.8, 4) is 11.3 Å². The minimum atomic E-state index is 0.570. The van der Waals surface area contributed by atoms with Gasteiger partial charge in [0, 0.05) is 17.7 Å². The highest BCUT2D eigenvalue weighted by atomic mass is 14.7. The van der Waals surface area contributed by atoms with Crippen LogP contribution in [0.1, 0.15) is 91.0 Å². The van der Waals surface area contributed by atoms with E-state index >= 15 is 0 Å². The van der Waals surface area contributed by atoms with Gasteiger partial charge in [0.2, 0.25) is 0 Å². The lowest BCUT2D eigenvalue weighted by molar-refractivity contribution is 0.445. The highest BCUT2D eigenvalue weighted by molar-refractivity contribution is 5.71. The fourth-order valence-electron chi connectivity index (χ4n) is 6.17. The van der Waals surface area contributed by atoms with Crippen LogP contribution < -0.4 is 0 Å². The first kappa shape index (κ1) is 16.1. The van der Waals surface area contributed by atoms with Crippen LogP contribution in [0.15, 0.2) is 36.5 Å². The molecule has 0 spiro atoms. The molecule has 2 fully saturated rings. The highest BCUT2D eigenvalue weighted by Crippen LogP contribution is 2.54. The molecule has 0 aliphatic heterocycles. The van der Waals surface area contributed by atoms with Crippen molar-refractivity contribution in [2.24, 2.45) is 5.92 Å². The average Bonchev–Trinajstić information content (AvgIpc) is 3.12. The second kappa shape index (κ2) is 5.80. The van der Waals surface area contributed by atoms with Crippen LogP contribution in [0.4, 0.5) is 0 Å². The van der Waals surface area contributed by atoms with Crippen LogP contribution in [-0.2, 0) is 12.8 Å². The first-order valence-corrected chi connectivity index (χ1v) is 11.0. The zero-order valence-corrected chi connectivity index (χ0v) is 16.4. The van der Waals surface area contributed by atoms with E-state index in [0.29, 0.717) is 5.92 Å². The van der Waals surface area contributed by atoms with Gasteiger partial charge >= 0.3 is 0 Å². The molecule has 0 N–H and O–H groups in total. The Labute approximate surface area is 162 Å². The van der Waals surface area contributed by atoms with Gasteiger partial charge in [-0.2, -0.15) is 0 Å². The van der Waals surface area contributed by atoms with Gasteiger partial charge in [0.1, 0.15) is 0 Å². The molecule has 4 aliphatic carbocycles. The van der Waals surface area contributed by atoms with E-state index in [2.05, 4.69) is 37.9 Å². The zero-order valence-electron chi connectivity index (χ0n) is 16.4. The Morgan fingerprint density at radius 2 is 1.78 bits per heavy atom. The minimum Gasteiger partial charge on any atom is -0.256 e. The highest BCUT2D eigenvalue weighted by Gasteiger charge is 2.38. The van der Waals surface area contributed by atoms with Crippen LogP contribution in [0.2, 0.25) is 0 Å². The maximum absolute atomic E-state index is 4.99. The summed E-state index contributed by atoms with van der Waals surface area (Å²) in [7, 11) is 0. The quantitative estimate of drug-likeness (QED) is 0.560. The minimum absolute atomic E-state index is 0.570. The Hall–Kier alpha value is -1.89. The van der Waals surface area contributed by atoms with Crippen molar-refractivity contribution >= 4 is 0 Å². The largest absolute Gasteiger partial charge is 0.256 e. The summed E-state index contributed by atoms with van der Waals surface area (Å²) in [6.45, 7) is 6.61. The van der Waals surface area contributed by atoms with E-state index in [1.165, 1.54) is 73.8 Å². The second-order valence-corrected chi connectivity index (χ2v) is 9.55. The molecular weight excluding hydrogens is 326 g/mol. The Morgan fingerprint density at radius 3 is 2.56 bits per heavy atom. The normalized spacial score (nSPS) is 30.3. The van der Waals surface area contributed by atoms with Crippen LogP contribution in [0.3, 0.4) is 0 Å². The number of fused-ring (bicyclic) bond motifs is 6. The zero-order chi connectivity index (χ0) is 18.1. The molecule has 2 bridgehead atoms. The van der Waals surface area contributed by atoms with E-state index in [1.807, 2.05) is 0 Å². The van der Waals surface area contributed by atoms with Crippen LogP contribution in [0.25, 0.3) is 11.3 Å². The van der Waals surface area contributed by atoms with Crippen LogP contribution >= 0.6 is 0 Å². The van der Waals surface area contributed by atoms with E-state index < -0.39 is 0 Å². The molecule has 4 aliphatic rings. The molecular formula is C26H29N. The standard InChI is InChI=1S/C26H29N/c1-3-16-4-5-17-11-23(21-8-15(21)2)24(12-20(17)9-16)26-13-22-18-6-7-19(10-18)25(22)14-27-26/h11-14,16,18-19,21H,2-10H2,1H3. The summed E-state index contributed by atoms with van der Waals surface area (Å²) in [5.74, 6) is 3.02. The van der Waals surface area contributed by atoms with Crippen molar-refractivity contribution in [3.63, 3.8) is 0 Å². The summed E-state index contributed by atoms with van der Waals surface area (Å²) >= 11 is 0. The Morgan fingerprint density at radius 1 is 0.963 bits per heavy atom. The number of hydrogen-bond acceptors (Lipinski definition) is 1. The lowest BCUT2D eigenvalue weighted by atomic mass is 9.80. The topological polar surface area (TPSA) is 12.9 Å². The number of aromatic nitrogens is 1. The van der Waals surface area contributed by atoms with Gasteiger partial charge in [-0.05, 0) is 103 Å². The third kappa shape index (κ3) is 2.47. The van der Waals surface area contributed by atoms with Crippen molar-refractivity contribution in [1.29, 1.82) is 0 Å². The first-order valence-electron chi connectivity index (χ1n) is 11.0. The van der Waals surface area contributed by atoms with Gasteiger partial charge in [0.15, 0.2) is 0 Å². The molecule has 2 aromatic rings. The van der Waals surface area contributed by atoms with Crippen molar-refractivity contribution in [2.45, 2.75) is 76.0 Å². The summed E-state index contributed by atoms with van der Waals surface area (Å²) in [4.78, 5) is 4.99. The molecule has 4 unspecified atom stereocenters. The molecule has 138 valence electrons. The van der Waals surface area contributed by atoms with Gasteiger partial charge in [-0.3, -0.25) is 4.98 Å². The molecule has 4 atom stereocenters. The molecule has 1 heterocycles. The fourth-order valence-corrected chi connectivity index (χ4v) is 6.17. The number of rotatable bonds is 3. The Balaban J connectivity index is 1.48. The number of benzene rings is 1. The Bertz CT molecular complexity index is 953. The molecule has 1 nitrogen and oxygen atoms in total. The van der Waals surface area contributed by atoms with Crippen molar-refractivity contribution < 1.29 is 0 Å². The molecule has 0 amide bonds. The van der Waals surface area contributed by atoms with Crippen LogP contribution in [0, 0.1) is 5.92 Å². The van der Waals surface area contributed by atoms with Gasteiger partial charge in [0.25, 0.3) is 0 Å². The van der Waals surface area contributed by atoms with E-state index in [1.54, 1.807) is 22.3 Å². The predicted molar refractivity (Wildman–Crippen MR) is 111 cm³/mol. The number of hydrogen-bond donors (Lipinski definition) is 0. The lowest BCUT2D eigenvalue weighted by Crippen LogP contribution is -2.14. The predicted octanol–water partition coefficient (Wildman–Crippen LogP) is 6.67. The summed E-state index contributed by atoms with van der Waals surface area (Å²) in [6, 6.07) is 7.50. The maximum Gasteiger partial charge on any atom is 0.0708 e. The summed E-state index contributed by atoms with van der Waals surface area (Å²) in [5.41, 5.74) is 11.9. The Kier molecular flexibility index (Phi) is 3.46. The molecule has 1 aromatic heterocycles. The second-order valence-electron chi connectivity index (χ2n) is 9.55. The molecule has 2 saturated carbocycles. The van der Waals surface area contributed by atoms with Crippen LogP contribution in [-0.4, -0.2) is 4.98 Å². The van der Waals surface area contributed by atoms with Crippen LogP contribution in [0.5, 0.6) is 0 Å². The van der Waals surface area contributed by atoms with Gasteiger partial charge in [-0.15, -0.1) is 0 Å². The summed E-state index contributed by atoms with van der Waals surface area (Å²) in [6.07, 6.45) is 12.7. The summed E-state index contributed by atoms with van der Waals surface area (Å²) in [5, 5.41) is 0. The van der Waals surface area contributed by atoms with Gasteiger partial charge in [-0.25, -0.2) is 0 Å². The van der Waals surface area contributed by atoms with Gasteiger partial charge < -0.3 is 0 Å². The molecule has 1 aromatic carbocycles. The van der Waals surface area contributed by atoms with E-state index in [-0.39, 0.29) is 0 Å². The van der Waals surface area contributed by atoms with Gasteiger partial charge in [0.05, 0.1) is 5.69 Å². The van der Waals surface area contributed by atoms with Crippen molar-refractivity contribution in [2.75, 3.05) is 0 Å². The maximum atomic E-state index is 4.99. The molecule has 0 saturated heterocycles. The SMILES string of the molecule is C=C1CC1c1cc2c(cc1-c1cc3c(cn1)C1CCC3C1)CC(CC)CC2. The number of aryl methyl sites for hydroxylation is 1. The number of nitrogens with zero attached hydrogens (tertiary/aromatic N) is 1.